The number of hydrogen-bond acceptors (Lipinski definition) is 3. The molecule has 4 heteroatoms. The minimum atomic E-state index is -0.0126. The lowest BCUT2D eigenvalue weighted by Gasteiger charge is -2.34. The van der Waals surface area contributed by atoms with E-state index in [0.717, 1.165) is 13.1 Å². The van der Waals surface area contributed by atoms with Gasteiger partial charge in [-0.2, -0.15) is 5.26 Å². The van der Waals surface area contributed by atoms with E-state index in [-0.39, 0.29) is 5.91 Å². The van der Waals surface area contributed by atoms with Crippen LogP contribution in [0.2, 0.25) is 0 Å². The first kappa shape index (κ1) is 14.5. The molecule has 1 aromatic rings. The Morgan fingerprint density at radius 3 is 2.75 bits per heavy atom. The third-order valence-electron chi connectivity index (χ3n) is 3.59. The minimum Gasteiger partial charge on any atom is -0.325 e. The summed E-state index contributed by atoms with van der Waals surface area (Å²) in [5, 5.41) is 11.7. The molecule has 1 aliphatic heterocycles. The Hall–Kier alpha value is -1.86. The molecule has 1 saturated heterocycles. The molecule has 1 N–H and O–H groups in total. The topological polar surface area (TPSA) is 56.1 Å². The molecule has 0 saturated carbocycles. The maximum Gasteiger partial charge on any atom is 0.238 e. The highest BCUT2D eigenvalue weighted by molar-refractivity contribution is 5.92. The van der Waals surface area contributed by atoms with Gasteiger partial charge in [-0.15, -0.1) is 0 Å². The number of carbonyl (C=O) groups is 1. The zero-order valence-electron chi connectivity index (χ0n) is 12.1. The Labute approximate surface area is 120 Å². The van der Waals surface area contributed by atoms with Gasteiger partial charge in [0.15, 0.2) is 0 Å². The first-order valence-corrected chi connectivity index (χ1v) is 7.09. The molecule has 0 aromatic heterocycles. The molecule has 4 nitrogen and oxygen atoms in total. The molecule has 0 radical (unpaired) electrons. The van der Waals surface area contributed by atoms with Crippen molar-refractivity contribution in [2.45, 2.75) is 20.3 Å². The number of likely N-dealkylation sites (tertiary alicyclic amines) is 1. The van der Waals surface area contributed by atoms with Gasteiger partial charge >= 0.3 is 0 Å². The first-order chi connectivity index (χ1) is 9.56. The van der Waals surface area contributed by atoms with Crippen LogP contribution in [0.1, 0.15) is 25.8 Å². The van der Waals surface area contributed by atoms with Crippen molar-refractivity contribution >= 4 is 11.6 Å². The summed E-state index contributed by atoms with van der Waals surface area (Å²) in [7, 11) is 0. The summed E-state index contributed by atoms with van der Waals surface area (Å²) in [6, 6.07) is 9.07. The number of nitrogens with one attached hydrogen (secondary N) is 1. The summed E-state index contributed by atoms with van der Waals surface area (Å²) in [5.74, 6) is 1.28. The fraction of sp³-hybridized carbons (Fsp3) is 0.500. The monoisotopic (exact) mass is 271 g/mol. The lowest BCUT2D eigenvalue weighted by Crippen LogP contribution is -2.42. The molecular formula is C16H21N3O. The smallest absolute Gasteiger partial charge is 0.238 e. The molecule has 0 bridgehead atoms. The van der Waals surface area contributed by atoms with Gasteiger partial charge in [-0.05, 0) is 36.5 Å². The molecule has 20 heavy (non-hydrogen) atoms. The molecule has 2 rings (SSSR count). The number of piperidine rings is 1. The maximum atomic E-state index is 12.1. The number of anilines is 1. The molecule has 2 atom stereocenters. The van der Waals surface area contributed by atoms with Gasteiger partial charge in [0.05, 0.1) is 18.2 Å². The SMILES string of the molecule is C[C@H]1C[C@H](C)CN(CC(=O)Nc2cccc(C#N)c2)C1. The molecule has 106 valence electrons. The highest BCUT2D eigenvalue weighted by Gasteiger charge is 2.23. The van der Waals surface area contributed by atoms with Crippen molar-refractivity contribution in [2.75, 3.05) is 25.0 Å². The van der Waals surface area contributed by atoms with Gasteiger partial charge in [0, 0.05) is 18.8 Å². The fourth-order valence-electron chi connectivity index (χ4n) is 2.99. The summed E-state index contributed by atoms with van der Waals surface area (Å²) in [5.41, 5.74) is 1.25. The molecule has 0 unspecified atom stereocenters. The second-order valence-electron chi connectivity index (χ2n) is 5.88. The molecule has 0 spiro atoms. The number of carbonyl (C=O) groups excluding carboxylic acids is 1. The highest BCUT2D eigenvalue weighted by atomic mass is 16.2. The van der Waals surface area contributed by atoms with E-state index >= 15 is 0 Å². The number of rotatable bonds is 3. The summed E-state index contributed by atoms with van der Waals surface area (Å²) < 4.78 is 0. The quantitative estimate of drug-likeness (QED) is 0.918. The lowest BCUT2D eigenvalue weighted by atomic mass is 9.92. The summed E-state index contributed by atoms with van der Waals surface area (Å²) in [6.45, 7) is 6.85. The average molecular weight is 271 g/mol. The Bertz CT molecular complexity index is 511. The molecule has 1 aliphatic rings. The number of amides is 1. The Morgan fingerprint density at radius 2 is 2.10 bits per heavy atom. The first-order valence-electron chi connectivity index (χ1n) is 7.09. The van der Waals surface area contributed by atoms with Gasteiger partial charge in [0.1, 0.15) is 0 Å². The Kier molecular flexibility index (Phi) is 4.75. The standard InChI is InChI=1S/C16H21N3O/c1-12-6-13(2)10-19(9-12)11-16(20)18-15-5-3-4-14(7-15)8-17/h3-5,7,12-13H,6,9-11H2,1-2H3,(H,18,20)/t12-,13-/m0/s1. The Balaban J connectivity index is 1.90. The van der Waals surface area contributed by atoms with Crippen LogP contribution in [-0.2, 0) is 4.79 Å². The van der Waals surface area contributed by atoms with Crippen molar-refractivity contribution in [1.29, 1.82) is 5.26 Å². The Morgan fingerprint density at radius 1 is 1.40 bits per heavy atom. The van der Waals surface area contributed by atoms with E-state index in [1.54, 1.807) is 24.3 Å². The highest BCUT2D eigenvalue weighted by Crippen LogP contribution is 2.20. The average Bonchev–Trinajstić information content (AvgIpc) is 2.37. The molecule has 1 heterocycles. The second-order valence-corrected chi connectivity index (χ2v) is 5.88. The normalized spacial score (nSPS) is 23.1. The molecular weight excluding hydrogens is 250 g/mol. The van der Waals surface area contributed by atoms with Gasteiger partial charge in [-0.3, -0.25) is 9.69 Å². The van der Waals surface area contributed by atoms with E-state index < -0.39 is 0 Å². The van der Waals surface area contributed by atoms with Crippen molar-refractivity contribution in [1.82, 2.24) is 4.90 Å². The molecule has 1 fully saturated rings. The maximum absolute atomic E-state index is 12.1. The van der Waals surface area contributed by atoms with Crippen LogP contribution < -0.4 is 5.32 Å². The van der Waals surface area contributed by atoms with E-state index in [1.165, 1.54) is 6.42 Å². The van der Waals surface area contributed by atoms with E-state index in [2.05, 4.69) is 30.1 Å². The van der Waals surface area contributed by atoms with Crippen LogP contribution in [0.25, 0.3) is 0 Å². The lowest BCUT2D eigenvalue weighted by molar-refractivity contribution is -0.117. The zero-order chi connectivity index (χ0) is 14.5. The van der Waals surface area contributed by atoms with Gasteiger partial charge in [-0.25, -0.2) is 0 Å². The molecule has 0 aliphatic carbocycles. The van der Waals surface area contributed by atoms with E-state index in [1.807, 2.05) is 0 Å². The molecule has 1 amide bonds. The van der Waals surface area contributed by atoms with E-state index in [4.69, 9.17) is 5.26 Å². The van der Waals surface area contributed by atoms with Crippen molar-refractivity contribution < 1.29 is 4.79 Å². The van der Waals surface area contributed by atoms with Gasteiger partial charge in [0.25, 0.3) is 0 Å². The van der Waals surface area contributed by atoms with Crippen LogP contribution in [0.4, 0.5) is 5.69 Å². The predicted octanol–water partition coefficient (Wildman–Crippen LogP) is 2.47. The number of nitrogens with zero attached hydrogens (tertiary/aromatic N) is 2. The number of nitriles is 1. The predicted molar refractivity (Wildman–Crippen MR) is 79.2 cm³/mol. The van der Waals surface area contributed by atoms with Crippen molar-refractivity contribution in [3.8, 4) is 6.07 Å². The summed E-state index contributed by atoms with van der Waals surface area (Å²) in [6.07, 6.45) is 1.24. The van der Waals surface area contributed by atoms with Crippen LogP contribution in [0, 0.1) is 23.2 Å². The minimum absolute atomic E-state index is 0.0126. The third kappa shape index (κ3) is 4.07. The zero-order valence-corrected chi connectivity index (χ0v) is 12.1. The van der Waals surface area contributed by atoms with Crippen LogP contribution in [-0.4, -0.2) is 30.4 Å². The fourth-order valence-corrected chi connectivity index (χ4v) is 2.99. The van der Waals surface area contributed by atoms with Gasteiger partial charge < -0.3 is 5.32 Å². The number of benzene rings is 1. The van der Waals surface area contributed by atoms with Gasteiger partial charge in [0.2, 0.25) is 5.91 Å². The van der Waals surface area contributed by atoms with Crippen LogP contribution in [0.15, 0.2) is 24.3 Å². The van der Waals surface area contributed by atoms with E-state index in [9.17, 15) is 4.79 Å². The van der Waals surface area contributed by atoms with Crippen molar-refractivity contribution in [3.63, 3.8) is 0 Å². The van der Waals surface area contributed by atoms with Crippen LogP contribution in [0.5, 0.6) is 0 Å². The van der Waals surface area contributed by atoms with Crippen LogP contribution >= 0.6 is 0 Å². The summed E-state index contributed by atoms with van der Waals surface area (Å²) in [4.78, 5) is 14.3. The molecule has 1 aromatic carbocycles. The van der Waals surface area contributed by atoms with Crippen LogP contribution in [0.3, 0.4) is 0 Å². The number of hydrogen-bond donors (Lipinski definition) is 1. The third-order valence-corrected chi connectivity index (χ3v) is 3.59. The van der Waals surface area contributed by atoms with E-state index in [0.29, 0.717) is 29.6 Å². The summed E-state index contributed by atoms with van der Waals surface area (Å²) >= 11 is 0. The second kappa shape index (κ2) is 6.53. The van der Waals surface area contributed by atoms with Crippen molar-refractivity contribution in [2.24, 2.45) is 11.8 Å². The largest absolute Gasteiger partial charge is 0.325 e. The van der Waals surface area contributed by atoms with Gasteiger partial charge in [-0.1, -0.05) is 19.9 Å². The van der Waals surface area contributed by atoms with Crippen molar-refractivity contribution in [3.05, 3.63) is 29.8 Å².